The minimum absolute atomic E-state index is 0.351. The molecule has 0 radical (unpaired) electrons. The van der Waals surface area contributed by atoms with Crippen LogP contribution in [0.4, 0.5) is 0 Å². The highest BCUT2D eigenvalue weighted by Gasteiger charge is 2.26. The molecule has 4 rings (SSSR count). The highest BCUT2D eigenvalue weighted by molar-refractivity contribution is 5.79. The van der Waals surface area contributed by atoms with Gasteiger partial charge in [0.1, 0.15) is 0 Å². The van der Waals surface area contributed by atoms with Crippen molar-refractivity contribution in [1.82, 2.24) is 9.88 Å². The molecule has 2 aliphatic heterocycles. The van der Waals surface area contributed by atoms with Crippen molar-refractivity contribution in [2.24, 2.45) is 11.8 Å². The summed E-state index contributed by atoms with van der Waals surface area (Å²) in [6, 6.07) is 10.7. The molecule has 4 nitrogen and oxygen atoms in total. The van der Waals surface area contributed by atoms with Crippen LogP contribution in [0.5, 0.6) is 0 Å². The average Bonchev–Trinajstić information content (AvgIpc) is 2.69. The average molecular weight is 352 g/mol. The van der Waals surface area contributed by atoms with Crippen LogP contribution in [0.1, 0.15) is 37.7 Å². The molecule has 1 aromatic carbocycles. The Morgan fingerprint density at radius 2 is 2.04 bits per heavy atom. The fourth-order valence-corrected chi connectivity index (χ4v) is 4.37. The van der Waals surface area contributed by atoms with Crippen LogP contribution in [-0.4, -0.2) is 42.1 Å². The third kappa shape index (κ3) is 4.24. The number of hydrogen-bond acceptors (Lipinski definition) is 3. The molecule has 2 fully saturated rings. The van der Waals surface area contributed by atoms with Gasteiger partial charge in [0.2, 0.25) is 5.91 Å². The van der Waals surface area contributed by atoms with E-state index < -0.39 is 0 Å². The van der Waals surface area contributed by atoms with Crippen LogP contribution in [0.3, 0.4) is 0 Å². The first-order valence-corrected chi connectivity index (χ1v) is 9.97. The molecule has 4 heteroatoms. The first-order chi connectivity index (χ1) is 12.8. The number of likely N-dealkylation sites (tertiary alicyclic amines) is 1. The van der Waals surface area contributed by atoms with Gasteiger partial charge in [-0.1, -0.05) is 12.1 Å². The van der Waals surface area contributed by atoms with Gasteiger partial charge in [-0.2, -0.15) is 0 Å². The number of aromatic nitrogens is 1. The van der Waals surface area contributed by atoms with Gasteiger partial charge < -0.3 is 9.64 Å². The number of piperidine rings is 1. The third-order valence-electron chi connectivity index (χ3n) is 5.87. The summed E-state index contributed by atoms with van der Waals surface area (Å²) < 4.78 is 5.41. The summed E-state index contributed by atoms with van der Waals surface area (Å²) in [5.74, 6) is 1.44. The van der Waals surface area contributed by atoms with Crippen molar-refractivity contribution in [2.75, 3.05) is 26.3 Å². The summed E-state index contributed by atoms with van der Waals surface area (Å²) >= 11 is 0. The second kappa shape index (κ2) is 8.17. The van der Waals surface area contributed by atoms with E-state index in [2.05, 4.69) is 34.1 Å². The SMILES string of the molecule is O=C(CC1CCOCC1)N1CCCC(Cc2ccc3ncccc3c2)C1. The Bertz CT molecular complexity index is 755. The van der Waals surface area contributed by atoms with Crippen molar-refractivity contribution in [3.63, 3.8) is 0 Å². The molecule has 1 unspecified atom stereocenters. The minimum atomic E-state index is 0.351. The molecule has 1 aromatic heterocycles. The summed E-state index contributed by atoms with van der Waals surface area (Å²) in [6.07, 6.45) is 8.00. The molecule has 138 valence electrons. The second-order valence-corrected chi connectivity index (χ2v) is 7.84. The Hall–Kier alpha value is -1.94. The van der Waals surface area contributed by atoms with E-state index in [0.29, 0.717) is 24.2 Å². The number of pyridine rings is 1. The quantitative estimate of drug-likeness (QED) is 0.840. The Morgan fingerprint density at radius 3 is 2.92 bits per heavy atom. The van der Waals surface area contributed by atoms with Crippen molar-refractivity contribution in [1.29, 1.82) is 0 Å². The summed E-state index contributed by atoms with van der Waals surface area (Å²) in [4.78, 5) is 19.2. The molecule has 0 N–H and O–H groups in total. The number of fused-ring (bicyclic) bond motifs is 1. The summed E-state index contributed by atoms with van der Waals surface area (Å²) in [7, 11) is 0. The lowest BCUT2D eigenvalue weighted by Crippen LogP contribution is -2.41. The zero-order valence-electron chi connectivity index (χ0n) is 15.4. The van der Waals surface area contributed by atoms with E-state index in [4.69, 9.17) is 4.74 Å². The van der Waals surface area contributed by atoms with Crippen LogP contribution in [-0.2, 0) is 16.0 Å². The van der Waals surface area contributed by atoms with Crippen molar-refractivity contribution in [2.45, 2.75) is 38.5 Å². The lowest BCUT2D eigenvalue weighted by atomic mass is 9.90. The monoisotopic (exact) mass is 352 g/mol. The molecule has 2 saturated heterocycles. The normalized spacial score (nSPS) is 21.8. The van der Waals surface area contributed by atoms with Crippen molar-refractivity contribution in [3.05, 3.63) is 42.1 Å². The smallest absolute Gasteiger partial charge is 0.222 e. The third-order valence-corrected chi connectivity index (χ3v) is 5.87. The van der Waals surface area contributed by atoms with E-state index in [-0.39, 0.29) is 0 Å². The predicted molar refractivity (Wildman–Crippen MR) is 103 cm³/mol. The molecule has 0 bridgehead atoms. The Kier molecular flexibility index (Phi) is 5.49. The van der Waals surface area contributed by atoms with Gasteiger partial charge in [0.05, 0.1) is 5.52 Å². The number of hydrogen-bond donors (Lipinski definition) is 0. The van der Waals surface area contributed by atoms with Crippen LogP contribution < -0.4 is 0 Å². The van der Waals surface area contributed by atoms with Crippen LogP contribution in [0.2, 0.25) is 0 Å². The van der Waals surface area contributed by atoms with Crippen LogP contribution in [0, 0.1) is 11.8 Å². The largest absolute Gasteiger partial charge is 0.381 e. The molecule has 2 aliphatic rings. The van der Waals surface area contributed by atoms with E-state index in [1.807, 2.05) is 12.3 Å². The number of carbonyl (C=O) groups excluding carboxylic acids is 1. The molecule has 0 spiro atoms. The van der Waals surface area contributed by atoms with Crippen LogP contribution in [0.25, 0.3) is 10.9 Å². The van der Waals surface area contributed by atoms with Gasteiger partial charge >= 0.3 is 0 Å². The highest BCUT2D eigenvalue weighted by atomic mass is 16.5. The summed E-state index contributed by atoms with van der Waals surface area (Å²) in [5.41, 5.74) is 2.40. The fourth-order valence-electron chi connectivity index (χ4n) is 4.37. The van der Waals surface area contributed by atoms with Gasteiger partial charge in [-0.05, 0) is 67.7 Å². The molecule has 3 heterocycles. The molecular formula is C22H28N2O2. The van der Waals surface area contributed by atoms with E-state index >= 15 is 0 Å². The lowest BCUT2D eigenvalue weighted by molar-refractivity contribution is -0.134. The first-order valence-electron chi connectivity index (χ1n) is 9.97. The number of carbonyl (C=O) groups is 1. The molecule has 1 atom stereocenters. The predicted octanol–water partition coefficient (Wildman–Crippen LogP) is 3.83. The maximum Gasteiger partial charge on any atom is 0.222 e. The van der Waals surface area contributed by atoms with Gasteiger partial charge in [0.15, 0.2) is 0 Å². The zero-order chi connectivity index (χ0) is 17.8. The van der Waals surface area contributed by atoms with Crippen LogP contribution in [0.15, 0.2) is 36.5 Å². The fraction of sp³-hybridized carbons (Fsp3) is 0.545. The van der Waals surface area contributed by atoms with Crippen LogP contribution >= 0.6 is 0 Å². The van der Waals surface area contributed by atoms with Crippen molar-refractivity contribution >= 4 is 16.8 Å². The standard InChI is InChI=1S/C22H28N2O2/c25-22(15-17-7-11-26-12-8-17)24-10-2-3-19(16-24)13-18-5-6-21-20(14-18)4-1-9-23-21/h1,4-6,9,14,17,19H,2-3,7-8,10-13,15-16H2. The van der Waals surface area contributed by atoms with E-state index in [9.17, 15) is 4.79 Å². The lowest BCUT2D eigenvalue weighted by Gasteiger charge is -2.34. The van der Waals surface area contributed by atoms with Gasteiger partial charge in [0.25, 0.3) is 0 Å². The summed E-state index contributed by atoms with van der Waals surface area (Å²) in [5, 5.41) is 1.20. The number of rotatable bonds is 4. The van der Waals surface area contributed by atoms with E-state index in [0.717, 1.165) is 57.5 Å². The number of ether oxygens (including phenoxy) is 1. The molecule has 0 saturated carbocycles. The molecule has 26 heavy (non-hydrogen) atoms. The Balaban J connectivity index is 1.35. The maximum absolute atomic E-state index is 12.7. The molecule has 0 aliphatic carbocycles. The second-order valence-electron chi connectivity index (χ2n) is 7.84. The molecule has 1 amide bonds. The molecular weight excluding hydrogens is 324 g/mol. The van der Waals surface area contributed by atoms with Gasteiger partial charge in [-0.15, -0.1) is 0 Å². The number of amides is 1. The van der Waals surface area contributed by atoms with Gasteiger partial charge in [-0.3, -0.25) is 9.78 Å². The minimum Gasteiger partial charge on any atom is -0.381 e. The zero-order valence-corrected chi connectivity index (χ0v) is 15.4. The number of benzene rings is 1. The maximum atomic E-state index is 12.7. The topological polar surface area (TPSA) is 42.4 Å². The van der Waals surface area contributed by atoms with Crippen molar-refractivity contribution in [3.8, 4) is 0 Å². The van der Waals surface area contributed by atoms with E-state index in [1.54, 1.807) is 0 Å². The Labute approximate surface area is 155 Å². The van der Waals surface area contributed by atoms with Gasteiger partial charge in [0, 0.05) is 44.3 Å². The number of nitrogens with zero attached hydrogens (tertiary/aromatic N) is 2. The van der Waals surface area contributed by atoms with E-state index in [1.165, 1.54) is 17.4 Å². The first kappa shape index (κ1) is 17.5. The van der Waals surface area contributed by atoms with Crippen molar-refractivity contribution < 1.29 is 9.53 Å². The Morgan fingerprint density at radius 1 is 1.15 bits per heavy atom. The van der Waals surface area contributed by atoms with Gasteiger partial charge in [-0.25, -0.2) is 0 Å². The highest BCUT2D eigenvalue weighted by Crippen LogP contribution is 2.25. The summed E-state index contributed by atoms with van der Waals surface area (Å²) in [6.45, 7) is 3.47. The molecule has 2 aromatic rings.